The Morgan fingerprint density at radius 2 is 1.79 bits per heavy atom. The molecule has 1 aromatic rings. The van der Waals surface area contributed by atoms with E-state index in [0.717, 1.165) is 38.9 Å². The van der Waals surface area contributed by atoms with Crippen molar-refractivity contribution in [2.45, 2.75) is 50.6 Å². The molecule has 2 aliphatic rings. The third kappa shape index (κ3) is 4.25. The molecule has 0 aromatic carbocycles. The normalized spacial score (nSPS) is 25.2. The first-order valence-electron chi connectivity index (χ1n) is 8.58. The van der Waals surface area contributed by atoms with Crippen LogP contribution in [0.5, 0.6) is 0 Å². The summed E-state index contributed by atoms with van der Waals surface area (Å²) in [5.41, 5.74) is 6.49. The molecular weight excluding hydrogens is 310 g/mol. The van der Waals surface area contributed by atoms with E-state index >= 15 is 0 Å². The van der Waals surface area contributed by atoms with Crippen LogP contribution in [0.15, 0.2) is 6.20 Å². The lowest BCUT2D eigenvalue weighted by atomic mass is 9.86. The van der Waals surface area contributed by atoms with Gasteiger partial charge in [-0.3, -0.25) is 4.79 Å². The average Bonchev–Trinajstić information content (AvgIpc) is 2.59. The molecule has 0 bridgehead atoms. The fourth-order valence-corrected chi connectivity index (χ4v) is 3.28. The second kappa shape index (κ2) is 7.65. The zero-order chi connectivity index (χ0) is 16.9. The number of nitrogens with two attached hydrogens (primary N) is 1. The Morgan fingerprint density at radius 3 is 2.46 bits per heavy atom. The van der Waals surface area contributed by atoms with Crippen molar-refractivity contribution < 1.29 is 14.6 Å². The number of ether oxygens (including phenoxy) is 1. The van der Waals surface area contributed by atoms with E-state index < -0.39 is 5.97 Å². The monoisotopic (exact) mass is 335 g/mol. The standard InChI is InChI=1S/C16H25N5O3/c17-13-9-18-16(20-12-5-7-24-8-6-12)21-14(13)19-11-3-1-10(2-4-11)15(22)23/h9-12H,1-8,17H2,(H,22,23)(H2,18,19,20,21)/t10-,11-. The number of aromatic nitrogens is 2. The highest BCUT2D eigenvalue weighted by Gasteiger charge is 2.26. The zero-order valence-corrected chi connectivity index (χ0v) is 13.7. The van der Waals surface area contributed by atoms with Crippen molar-refractivity contribution in [1.82, 2.24) is 9.97 Å². The molecule has 1 saturated carbocycles. The summed E-state index contributed by atoms with van der Waals surface area (Å²) in [6.45, 7) is 1.51. The molecule has 2 heterocycles. The van der Waals surface area contributed by atoms with Crippen LogP contribution in [-0.2, 0) is 9.53 Å². The molecule has 5 N–H and O–H groups in total. The minimum absolute atomic E-state index is 0.203. The van der Waals surface area contributed by atoms with E-state index in [0.29, 0.717) is 36.3 Å². The number of carbonyl (C=O) groups is 1. The number of hydrogen-bond acceptors (Lipinski definition) is 7. The molecule has 0 amide bonds. The quantitative estimate of drug-likeness (QED) is 0.641. The van der Waals surface area contributed by atoms with Crippen molar-refractivity contribution >= 4 is 23.4 Å². The minimum atomic E-state index is -0.696. The highest BCUT2D eigenvalue weighted by molar-refractivity contribution is 5.70. The van der Waals surface area contributed by atoms with E-state index in [1.807, 2.05) is 0 Å². The van der Waals surface area contributed by atoms with Crippen molar-refractivity contribution in [3.05, 3.63) is 6.20 Å². The van der Waals surface area contributed by atoms with Crippen LogP contribution in [0.2, 0.25) is 0 Å². The summed E-state index contributed by atoms with van der Waals surface area (Å²) in [6.07, 6.45) is 6.48. The number of hydrogen-bond donors (Lipinski definition) is 4. The lowest BCUT2D eigenvalue weighted by Gasteiger charge is -2.28. The van der Waals surface area contributed by atoms with Gasteiger partial charge in [-0.2, -0.15) is 4.98 Å². The average molecular weight is 335 g/mol. The molecule has 1 aliphatic heterocycles. The van der Waals surface area contributed by atoms with Crippen molar-refractivity contribution in [3.8, 4) is 0 Å². The number of nitrogens with one attached hydrogen (secondary N) is 2. The Balaban J connectivity index is 1.58. The molecule has 0 atom stereocenters. The van der Waals surface area contributed by atoms with Crippen LogP contribution < -0.4 is 16.4 Å². The number of aliphatic carboxylic acids is 1. The van der Waals surface area contributed by atoms with E-state index in [-0.39, 0.29) is 12.0 Å². The molecular formula is C16H25N5O3. The lowest BCUT2D eigenvalue weighted by Crippen LogP contribution is -2.31. The van der Waals surface area contributed by atoms with Gasteiger partial charge in [-0.25, -0.2) is 4.98 Å². The third-order valence-electron chi connectivity index (χ3n) is 4.79. The van der Waals surface area contributed by atoms with Gasteiger partial charge < -0.3 is 26.2 Å². The first kappa shape index (κ1) is 16.8. The fraction of sp³-hybridized carbons (Fsp3) is 0.688. The summed E-state index contributed by atoms with van der Waals surface area (Å²) in [5, 5.41) is 15.8. The van der Waals surface area contributed by atoms with E-state index in [1.165, 1.54) is 0 Å². The summed E-state index contributed by atoms with van der Waals surface area (Å²) < 4.78 is 5.35. The molecule has 0 unspecified atom stereocenters. The number of nitrogen functional groups attached to an aromatic ring is 1. The summed E-state index contributed by atoms with van der Waals surface area (Å²) >= 11 is 0. The van der Waals surface area contributed by atoms with Crippen molar-refractivity contribution in [3.63, 3.8) is 0 Å². The lowest BCUT2D eigenvalue weighted by molar-refractivity contribution is -0.142. The Hall–Kier alpha value is -2.09. The van der Waals surface area contributed by atoms with Crippen molar-refractivity contribution in [2.24, 2.45) is 5.92 Å². The number of carboxylic acid groups (broad SMARTS) is 1. The molecule has 8 nitrogen and oxygen atoms in total. The van der Waals surface area contributed by atoms with Gasteiger partial charge in [0.1, 0.15) is 0 Å². The molecule has 1 aromatic heterocycles. The van der Waals surface area contributed by atoms with Crippen molar-refractivity contribution in [1.29, 1.82) is 0 Å². The topological polar surface area (TPSA) is 122 Å². The summed E-state index contributed by atoms with van der Waals surface area (Å²) in [7, 11) is 0. The number of nitrogens with zero attached hydrogens (tertiary/aromatic N) is 2. The first-order valence-corrected chi connectivity index (χ1v) is 8.58. The summed E-state index contributed by atoms with van der Waals surface area (Å²) in [6, 6.07) is 0.523. The van der Waals surface area contributed by atoms with Gasteiger partial charge in [0.25, 0.3) is 0 Å². The van der Waals surface area contributed by atoms with Gasteiger partial charge in [0.2, 0.25) is 5.95 Å². The van der Waals surface area contributed by atoms with Crippen LogP contribution in [0.4, 0.5) is 17.5 Å². The molecule has 0 radical (unpaired) electrons. The molecule has 3 rings (SSSR count). The van der Waals surface area contributed by atoms with Crippen LogP contribution in [0.25, 0.3) is 0 Å². The van der Waals surface area contributed by atoms with E-state index in [9.17, 15) is 4.79 Å². The molecule has 8 heteroatoms. The van der Waals surface area contributed by atoms with Crippen LogP contribution in [0.3, 0.4) is 0 Å². The Kier molecular flexibility index (Phi) is 5.34. The highest BCUT2D eigenvalue weighted by Crippen LogP contribution is 2.28. The number of rotatable bonds is 5. The Labute approximate surface area is 141 Å². The van der Waals surface area contributed by atoms with Gasteiger partial charge in [-0.05, 0) is 38.5 Å². The SMILES string of the molecule is Nc1cnc(NC2CCOCC2)nc1N[C@H]1CC[C@H](C(=O)O)CC1. The summed E-state index contributed by atoms with van der Waals surface area (Å²) in [5.74, 6) is 0.269. The molecule has 2 fully saturated rings. The predicted molar refractivity (Wildman–Crippen MR) is 90.9 cm³/mol. The maximum absolute atomic E-state index is 11.0. The largest absolute Gasteiger partial charge is 0.481 e. The van der Waals surface area contributed by atoms with Gasteiger partial charge in [-0.1, -0.05) is 0 Å². The van der Waals surface area contributed by atoms with Crippen LogP contribution in [0.1, 0.15) is 38.5 Å². The highest BCUT2D eigenvalue weighted by atomic mass is 16.5. The fourth-order valence-electron chi connectivity index (χ4n) is 3.28. The van der Waals surface area contributed by atoms with E-state index in [4.69, 9.17) is 15.6 Å². The van der Waals surface area contributed by atoms with Gasteiger partial charge in [0.05, 0.1) is 17.8 Å². The Bertz CT molecular complexity index is 569. The molecule has 132 valence electrons. The van der Waals surface area contributed by atoms with Gasteiger partial charge in [0.15, 0.2) is 5.82 Å². The number of anilines is 3. The van der Waals surface area contributed by atoms with E-state index in [2.05, 4.69) is 20.6 Å². The third-order valence-corrected chi connectivity index (χ3v) is 4.79. The van der Waals surface area contributed by atoms with Gasteiger partial charge >= 0.3 is 5.97 Å². The number of carboxylic acids is 1. The first-order chi connectivity index (χ1) is 11.6. The van der Waals surface area contributed by atoms with E-state index in [1.54, 1.807) is 6.20 Å². The second-order valence-electron chi connectivity index (χ2n) is 6.56. The van der Waals surface area contributed by atoms with Crippen LogP contribution >= 0.6 is 0 Å². The molecule has 1 aliphatic carbocycles. The smallest absolute Gasteiger partial charge is 0.306 e. The van der Waals surface area contributed by atoms with Gasteiger partial charge in [0, 0.05) is 25.3 Å². The molecule has 0 spiro atoms. The van der Waals surface area contributed by atoms with Crippen LogP contribution in [0, 0.1) is 5.92 Å². The second-order valence-corrected chi connectivity index (χ2v) is 6.56. The predicted octanol–water partition coefficient (Wildman–Crippen LogP) is 1.70. The zero-order valence-electron chi connectivity index (χ0n) is 13.7. The minimum Gasteiger partial charge on any atom is -0.481 e. The van der Waals surface area contributed by atoms with Crippen molar-refractivity contribution in [2.75, 3.05) is 29.6 Å². The Morgan fingerprint density at radius 1 is 1.12 bits per heavy atom. The maximum Gasteiger partial charge on any atom is 0.306 e. The van der Waals surface area contributed by atoms with Crippen LogP contribution in [-0.4, -0.2) is 46.3 Å². The molecule has 1 saturated heterocycles. The van der Waals surface area contributed by atoms with Gasteiger partial charge in [-0.15, -0.1) is 0 Å². The maximum atomic E-state index is 11.0. The summed E-state index contributed by atoms with van der Waals surface area (Å²) in [4.78, 5) is 19.8. The molecule has 24 heavy (non-hydrogen) atoms.